The van der Waals surface area contributed by atoms with Crippen LogP contribution in [0.4, 0.5) is 0 Å². The van der Waals surface area contributed by atoms with Crippen molar-refractivity contribution in [1.29, 1.82) is 0 Å². The predicted molar refractivity (Wildman–Crippen MR) is 78.0 cm³/mol. The molecule has 4 heteroatoms. The largest absolute Gasteiger partial charge is 0.126 e. The van der Waals surface area contributed by atoms with Crippen LogP contribution in [-0.2, 0) is 0 Å². The summed E-state index contributed by atoms with van der Waals surface area (Å²) < 4.78 is 0.786. The van der Waals surface area contributed by atoms with Crippen molar-refractivity contribution in [2.45, 2.75) is 19.2 Å². The monoisotopic (exact) mass is 304 g/mol. The molecule has 2 aromatic rings. The van der Waals surface area contributed by atoms with Crippen LogP contribution in [-0.4, -0.2) is 0 Å². The molecule has 2 rings (SSSR count). The van der Waals surface area contributed by atoms with Gasteiger partial charge in [0, 0.05) is 9.90 Å². The number of alkyl halides is 1. The SMILES string of the molecule is Cc1ccc(C(Cl)c2cc(C)c(Cl)s2)c(Cl)c1. The molecule has 0 nitrogen and oxygen atoms in total. The lowest BCUT2D eigenvalue weighted by Gasteiger charge is -2.10. The molecular weight excluding hydrogens is 295 g/mol. The van der Waals surface area contributed by atoms with Crippen molar-refractivity contribution in [3.05, 3.63) is 55.2 Å². The van der Waals surface area contributed by atoms with Gasteiger partial charge in [0.05, 0.1) is 9.71 Å². The summed E-state index contributed by atoms with van der Waals surface area (Å²) in [5.74, 6) is 0. The van der Waals surface area contributed by atoms with Crippen molar-refractivity contribution in [2.24, 2.45) is 0 Å². The molecule has 0 aliphatic carbocycles. The molecule has 0 amide bonds. The Morgan fingerprint density at radius 2 is 1.82 bits per heavy atom. The van der Waals surface area contributed by atoms with Gasteiger partial charge in [-0.05, 0) is 42.7 Å². The lowest BCUT2D eigenvalue weighted by atomic mass is 10.1. The van der Waals surface area contributed by atoms with Crippen LogP contribution in [0.2, 0.25) is 9.36 Å². The Labute approximate surface area is 120 Å². The van der Waals surface area contributed by atoms with E-state index in [-0.39, 0.29) is 5.38 Å². The first-order valence-electron chi connectivity index (χ1n) is 5.15. The van der Waals surface area contributed by atoms with Gasteiger partial charge in [0.15, 0.2) is 0 Å². The molecule has 1 aromatic heterocycles. The minimum atomic E-state index is -0.237. The molecule has 17 heavy (non-hydrogen) atoms. The zero-order valence-electron chi connectivity index (χ0n) is 9.43. The second-order valence-electron chi connectivity index (χ2n) is 3.99. The minimum absolute atomic E-state index is 0.237. The zero-order valence-corrected chi connectivity index (χ0v) is 12.5. The smallest absolute Gasteiger partial charge is 0.0960 e. The first kappa shape index (κ1) is 13.2. The van der Waals surface area contributed by atoms with E-state index in [1.165, 1.54) is 11.3 Å². The van der Waals surface area contributed by atoms with Gasteiger partial charge in [-0.2, -0.15) is 0 Å². The van der Waals surface area contributed by atoms with Crippen molar-refractivity contribution < 1.29 is 0 Å². The van der Waals surface area contributed by atoms with Crippen LogP contribution in [0.1, 0.15) is 26.9 Å². The van der Waals surface area contributed by atoms with Crippen LogP contribution >= 0.6 is 46.1 Å². The van der Waals surface area contributed by atoms with Crippen LogP contribution in [0.5, 0.6) is 0 Å². The molecule has 0 N–H and O–H groups in total. The summed E-state index contributed by atoms with van der Waals surface area (Å²) in [5.41, 5.74) is 3.11. The minimum Gasteiger partial charge on any atom is -0.126 e. The van der Waals surface area contributed by atoms with Gasteiger partial charge in [-0.25, -0.2) is 0 Å². The van der Waals surface area contributed by atoms with Crippen LogP contribution in [0.3, 0.4) is 0 Å². The number of halogens is 3. The standard InChI is InChI=1S/C13H11Cl3S/c1-7-3-4-9(10(14)5-7)12(15)11-6-8(2)13(16)17-11/h3-6,12H,1-2H3. The van der Waals surface area contributed by atoms with Crippen LogP contribution in [0, 0.1) is 13.8 Å². The number of benzene rings is 1. The summed E-state index contributed by atoms with van der Waals surface area (Å²) in [6.45, 7) is 3.98. The topological polar surface area (TPSA) is 0 Å². The molecule has 1 heterocycles. The van der Waals surface area contributed by atoms with Crippen LogP contribution < -0.4 is 0 Å². The molecule has 0 spiro atoms. The summed E-state index contributed by atoms with van der Waals surface area (Å²) >= 11 is 20.2. The normalized spacial score (nSPS) is 12.8. The first-order valence-corrected chi connectivity index (χ1v) is 7.16. The molecular formula is C13H11Cl3S. The maximum Gasteiger partial charge on any atom is 0.0960 e. The highest BCUT2D eigenvalue weighted by molar-refractivity contribution is 7.16. The number of rotatable bonds is 2. The van der Waals surface area contributed by atoms with Crippen LogP contribution in [0.25, 0.3) is 0 Å². The molecule has 0 saturated carbocycles. The van der Waals surface area contributed by atoms with E-state index in [1.54, 1.807) is 0 Å². The second kappa shape index (κ2) is 5.19. The van der Waals surface area contributed by atoms with E-state index in [2.05, 4.69) is 0 Å². The Kier molecular flexibility index (Phi) is 4.04. The van der Waals surface area contributed by atoms with Gasteiger partial charge in [0.2, 0.25) is 0 Å². The maximum absolute atomic E-state index is 6.44. The van der Waals surface area contributed by atoms with E-state index in [0.29, 0.717) is 5.02 Å². The highest BCUT2D eigenvalue weighted by atomic mass is 35.5. The third-order valence-electron chi connectivity index (χ3n) is 2.56. The molecule has 0 bridgehead atoms. The van der Waals surface area contributed by atoms with E-state index in [9.17, 15) is 0 Å². The van der Waals surface area contributed by atoms with Gasteiger partial charge in [0.1, 0.15) is 0 Å². The quantitative estimate of drug-likeness (QED) is 0.597. The number of hydrogen-bond acceptors (Lipinski definition) is 1. The maximum atomic E-state index is 6.44. The van der Waals surface area contributed by atoms with Gasteiger partial charge in [-0.15, -0.1) is 22.9 Å². The van der Waals surface area contributed by atoms with Gasteiger partial charge in [0.25, 0.3) is 0 Å². The van der Waals surface area contributed by atoms with E-state index in [0.717, 1.165) is 25.9 Å². The Hall–Kier alpha value is -0.210. The molecule has 0 saturated heterocycles. The third-order valence-corrected chi connectivity index (χ3v) is 5.10. The molecule has 1 unspecified atom stereocenters. The fourth-order valence-corrected chi connectivity index (χ4v) is 3.60. The predicted octanol–water partition coefficient (Wildman–Crippen LogP) is 6.00. The molecule has 0 fully saturated rings. The Balaban J connectivity index is 2.39. The molecule has 0 aliphatic heterocycles. The van der Waals surface area contributed by atoms with Gasteiger partial charge in [-0.3, -0.25) is 0 Å². The fourth-order valence-electron chi connectivity index (χ4n) is 1.60. The highest BCUT2D eigenvalue weighted by Crippen LogP contribution is 2.40. The molecule has 0 aliphatic rings. The van der Waals surface area contributed by atoms with E-state index >= 15 is 0 Å². The lowest BCUT2D eigenvalue weighted by molar-refractivity contribution is 1.17. The van der Waals surface area contributed by atoms with Crippen molar-refractivity contribution in [2.75, 3.05) is 0 Å². The number of thiophene rings is 1. The fraction of sp³-hybridized carbons (Fsp3) is 0.231. The van der Waals surface area contributed by atoms with Crippen molar-refractivity contribution in [3.63, 3.8) is 0 Å². The second-order valence-corrected chi connectivity index (χ2v) is 6.52. The average Bonchev–Trinajstić information content (AvgIpc) is 2.58. The van der Waals surface area contributed by atoms with Crippen LogP contribution in [0.15, 0.2) is 24.3 Å². The number of hydrogen-bond donors (Lipinski definition) is 0. The Bertz CT molecular complexity index is 526. The summed E-state index contributed by atoms with van der Waals surface area (Å²) in [5, 5.41) is 0.464. The molecule has 90 valence electrons. The molecule has 1 atom stereocenters. The Morgan fingerprint density at radius 1 is 1.12 bits per heavy atom. The van der Waals surface area contributed by atoms with E-state index in [4.69, 9.17) is 34.8 Å². The van der Waals surface area contributed by atoms with Gasteiger partial charge in [-0.1, -0.05) is 35.3 Å². The zero-order chi connectivity index (χ0) is 12.6. The Morgan fingerprint density at radius 3 is 2.35 bits per heavy atom. The summed E-state index contributed by atoms with van der Waals surface area (Å²) in [6, 6.07) is 7.92. The van der Waals surface area contributed by atoms with E-state index in [1.807, 2.05) is 38.1 Å². The van der Waals surface area contributed by atoms with E-state index < -0.39 is 0 Å². The first-order chi connectivity index (χ1) is 7.99. The van der Waals surface area contributed by atoms with Crippen molar-refractivity contribution in [3.8, 4) is 0 Å². The van der Waals surface area contributed by atoms with Gasteiger partial charge >= 0.3 is 0 Å². The highest BCUT2D eigenvalue weighted by Gasteiger charge is 2.17. The lowest BCUT2D eigenvalue weighted by Crippen LogP contribution is -1.92. The van der Waals surface area contributed by atoms with Crippen molar-refractivity contribution in [1.82, 2.24) is 0 Å². The summed E-state index contributed by atoms with van der Waals surface area (Å²) in [4.78, 5) is 1.03. The molecule has 0 radical (unpaired) electrons. The number of aryl methyl sites for hydroxylation is 2. The molecule has 1 aromatic carbocycles. The summed E-state index contributed by atoms with van der Waals surface area (Å²) in [6.07, 6.45) is 0. The summed E-state index contributed by atoms with van der Waals surface area (Å²) in [7, 11) is 0. The van der Waals surface area contributed by atoms with Gasteiger partial charge < -0.3 is 0 Å². The third kappa shape index (κ3) is 2.79. The van der Waals surface area contributed by atoms with Crippen molar-refractivity contribution >= 4 is 46.1 Å². The average molecular weight is 306 g/mol.